The second-order valence-electron chi connectivity index (χ2n) is 5.13. The lowest BCUT2D eigenvalue weighted by atomic mass is 10.1. The van der Waals surface area contributed by atoms with Gasteiger partial charge in [0.25, 0.3) is 0 Å². The SMILES string of the molecule is Cc1n[nH]c(C)c1CNC(C)c1ccc(C(F)(F)F)cc1. The van der Waals surface area contributed by atoms with Crippen molar-refractivity contribution in [3.63, 3.8) is 0 Å². The average molecular weight is 297 g/mol. The van der Waals surface area contributed by atoms with E-state index in [-0.39, 0.29) is 6.04 Å². The molecule has 3 nitrogen and oxygen atoms in total. The molecule has 0 saturated carbocycles. The van der Waals surface area contributed by atoms with E-state index in [2.05, 4.69) is 15.5 Å². The van der Waals surface area contributed by atoms with Crippen LogP contribution in [0.5, 0.6) is 0 Å². The van der Waals surface area contributed by atoms with Gasteiger partial charge in [-0.15, -0.1) is 0 Å². The van der Waals surface area contributed by atoms with Gasteiger partial charge in [0.1, 0.15) is 0 Å². The second kappa shape index (κ2) is 5.89. The maximum atomic E-state index is 12.5. The summed E-state index contributed by atoms with van der Waals surface area (Å²) in [6.07, 6.45) is -4.29. The van der Waals surface area contributed by atoms with Gasteiger partial charge < -0.3 is 5.32 Å². The third-order valence-electron chi connectivity index (χ3n) is 3.60. The van der Waals surface area contributed by atoms with Gasteiger partial charge in [-0.05, 0) is 38.5 Å². The monoisotopic (exact) mass is 297 g/mol. The normalized spacial score (nSPS) is 13.4. The molecule has 1 aromatic carbocycles. The highest BCUT2D eigenvalue weighted by Crippen LogP contribution is 2.29. The molecule has 0 bridgehead atoms. The molecule has 6 heteroatoms. The average Bonchev–Trinajstić information content (AvgIpc) is 2.75. The van der Waals surface area contributed by atoms with Crippen molar-refractivity contribution in [3.05, 3.63) is 52.3 Å². The van der Waals surface area contributed by atoms with Gasteiger partial charge in [0.05, 0.1) is 11.3 Å². The number of nitrogens with one attached hydrogen (secondary N) is 2. The molecule has 1 atom stereocenters. The Morgan fingerprint density at radius 2 is 1.81 bits per heavy atom. The molecule has 0 fully saturated rings. The van der Waals surface area contributed by atoms with Crippen molar-refractivity contribution in [2.24, 2.45) is 0 Å². The highest BCUT2D eigenvalue weighted by Gasteiger charge is 2.30. The van der Waals surface area contributed by atoms with Crippen LogP contribution < -0.4 is 5.32 Å². The van der Waals surface area contributed by atoms with Crippen molar-refractivity contribution in [1.82, 2.24) is 15.5 Å². The predicted molar refractivity (Wildman–Crippen MR) is 74.8 cm³/mol. The number of benzene rings is 1. The van der Waals surface area contributed by atoms with Crippen LogP contribution in [-0.2, 0) is 12.7 Å². The molecule has 2 rings (SSSR count). The van der Waals surface area contributed by atoms with Crippen molar-refractivity contribution < 1.29 is 13.2 Å². The summed E-state index contributed by atoms with van der Waals surface area (Å²) in [5.74, 6) is 0. The van der Waals surface area contributed by atoms with Crippen LogP contribution >= 0.6 is 0 Å². The van der Waals surface area contributed by atoms with Crippen LogP contribution in [0.3, 0.4) is 0 Å². The van der Waals surface area contributed by atoms with Gasteiger partial charge in [-0.3, -0.25) is 5.10 Å². The minimum Gasteiger partial charge on any atom is -0.306 e. The minimum absolute atomic E-state index is 0.0408. The first-order chi connectivity index (χ1) is 9.79. The molecule has 0 amide bonds. The smallest absolute Gasteiger partial charge is 0.306 e. The van der Waals surface area contributed by atoms with Gasteiger partial charge in [-0.25, -0.2) is 0 Å². The Labute approximate surface area is 121 Å². The summed E-state index contributed by atoms with van der Waals surface area (Å²) in [6.45, 7) is 6.41. The molecule has 2 N–H and O–H groups in total. The van der Waals surface area contributed by atoms with Crippen molar-refractivity contribution in [2.75, 3.05) is 0 Å². The summed E-state index contributed by atoms with van der Waals surface area (Å²) in [7, 11) is 0. The van der Waals surface area contributed by atoms with E-state index in [0.29, 0.717) is 6.54 Å². The van der Waals surface area contributed by atoms with E-state index < -0.39 is 11.7 Å². The molecule has 1 heterocycles. The molecule has 0 spiro atoms. The molecule has 21 heavy (non-hydrogen) atoms. The summed E-state index contributed by atoms with van der Waals surface area (Å²) >= 11 is 0. The Hall–Kier alpha value is -1.82. The zero-order valence-electron chi connectivity index (χ0n) is 12.2. The molecule has 0 aliphatic rings. The number of H-pyrrole nitrogens is 1. The van der Waals surface area contributed by atoms with E-state index >= 15 is 0 Å². The predicted octanol–water partition coefficient (Wildman–Crippen LogP) is 3.90. The summed E-state index contributed by atoms with van der Waals surface area (Å²) in [5.41, 5.74) is 3.22. The van der Waals surface area contributed by atoms with Crippen LogP contribution in [0.1, 0.15) is 41.0 Å². The lowest BCUT2D eigenvalue weighted by molar-refractivity contribution is -0.137. The van der Waals surface area contributed by atoms with Crippen LogP contribution in [0, 0.1) is 13.8 Å². The zero-order valence-corrected chi connectivity index (χ0v) is 12.2. The number of hydrogen-bond acceptors (Lipinski definition) is 2. The molecule has 0 saturated heterocycles. The number of alkyl halides is 3. The maximum absolute atomic E-state index is 12.5. The molecule has 114 valence electrons. The van der Waals surface area contributed by atoms with Gasteiger partial charge in [0.2, 0.25) is 0 Å². The number of halogens is 3. The third-order valence-corrected chi connectivity index (χ3v) is 3.60. The molecule has 1 aromatic heterocycles. The zero-order chi connectivity index (χ0) is 15.6. The Kier molecular flexibility index (Phi) is 4.37. The molecule has 0 aliphatic heterocycles. The minimum atomic E-state index is -4.29. The quantitative estimate of drug-likeness (QED) is 0.898. The van der Waals surface area contributed by atoms with E-state index in [4.69, 9.17) is 0 Å². The van der Waals surface area contributed by atoms with E-state index in [1.165, 1.54) is 12.1 Å². The van der Waals surface area contributed by atoms with E-state index in [1.807, 2.05) is 20.8 Å². The van der Waals surface area contributed by atoms with Gasteiger partial charge in [-0.2, -0.15) is 18.3 Å². The van der Waals surface area contributed by atoms with Crippen LogP contribution in [0.4, 0.5) is 13.2 Å². The van der Waals surface area contributed by atoms with Crippen LogP contribution in [0.25, 0.3) is 0 Å². The molecule has 1 unspecified atom stereocenters. The number of aromatic amines is 1. The van der Waals surface area contributed by atoms with Gasteiger partial charge in [-0.1, -0.05) is 12.1 Å². The third kappa shape index (κ3) is 3.64. The fourth-order valence-corrected chi connectivity index (χ4v) is 2.17. The number of nitrogens with zero attached hydrogens (tertiary/aromatic N) is 1. The summed E-state index contributed by atoms with van der Waals surface area (Å²) in [6, 6.07) is 5.20. The Bertz CT molecular complexity index is 580. The lowest BCUT2D eigenvalue weighted by Gasteiger charge is -2.15. The largest absolute Gasteiger partial charge is 0.416 e. The molecular formula is C15H18F3N3. The summed E-state index contributed by atoms with van der Waals surface area (Å²) in [5, 5.41) is 10.3. The van der Waals surface area contributed by atoms with E-state index in [0.717, 1.165) is 34.6 Å². The molecular weight excluding hydrogens is 279 g/mol. The molecule has 2 aromatic rings. The first kappa shape index (κ1) is 15.6. The Morgan fingerprint density at radius 3 is 2.29 bits per heavy atom. The summed E-state index contributed by atoms with van der Waals surface area (Å²) in [4.78, 5) is 0. The number of hydrogen-bond donors (Lipinski definition) is 2. The lowest BCUT2D eigenvalue weighted by Crippen LogP contribution is -2.19. The van der Waals surface area contributed by atoms with Gasteiger partial charge in [0.15, 0.2) is 0 Å². The van der Waals surface area contributed by atoms with Crippen molar-refractivity contribution in [1.29, 1.82) is 0 Å². The fourth-order valence-electron chi connectivity index (χ4n) is 2.17. The van der Waals surface area contributed by atoms with Crippen molar-refractivity contribution >= 4 is 0 Å². The highest BCUT2D eigenvalue weighted by atomic mass is 19.4. The van der Waals surface area contributed by atoms with Gasteiger partial charge in [0, 0.05) is 23.8 Å². The van der Waals surface area contributed by atoms with E-state index in [1.54, 1.807) is 0 Å². The van der Waals surface area contributed by atoms with Crippen LogP contribution in [-0.4, -0.2) is 10.2 Å². The number of rotatable bonds is 4. The number of aromatic nitrogens is 2. The highest BCUT2D eigenvalue weighted by molar-refractivity contribution is 5.27. The van der Waals surface area contributed by atoms with Crippen LogP contribution in [0.2, 0.25) is 0 Å². The Balaban J connectivity index is 2.02. The van der Waals surface area contributed by atoms with Gasteiger partial charge >= 0.3 is 6.18 Å². The fraction of sp³-hybridized carbons (Fsp3) is 0.400. The summed E-state index contributed by atoms with van der Waals surface area (Å²) < 4.78 is 37.6. The standard InChI is InChI=1S/C15H18F3N3/c1-9(19-8-14-10(2)20-21-11(14)3)12-4-6-13(7-5-12)15(16,17)18/h4-7,9,19H,8H2,1-3H3,(H,20,21). The first-order valence-electron chi connectivity index (χ1n) is 6.70. The number of aryl methyl sites for hydroxylation is 2. The Morgan fingerprint density at radius 1 is 1.19 bits per heavy atom. The second-order valence-corrected chi connectivity index (χ2v) is 5.13. The van der Waals surface area contributed by atoms with E-state index in [9.17, 15) is 13.2 Å². The first-order valence-corrected chi connectivity index (χ1v) is 6.70. The topological polar surface area (TPSA) is 40.7 Å². The van der Waals surface area contributed by atoms with Crippen molar-refractivity contribution in [3.8, 4) is 0 Å². The van der Waals surface area contributed by atoms with Crippen molar-refractivity contribution in [2.45, 2.75) is 39.5 Å². The maximum Gasteiger partial charge on any atom is 0.416 e. The molecule has 0 radical (unpaired) electrons. The molecule has 0 aliphatic carbocycles. The van der Waals surface area contributed by atoms with Crippen LogP contribution in [0.15, 0.2) is 24.3 Å².